The summed E-state index contributed by atoms with van der Waals surface area (Å²) in [6.45, 7) is 2.60. The van der Waals surface area contributed by atoms with Crippen LogP contribution in [-0.4, -0.2) is 17.9 Å². The molecule has 0 fully saturated rings. The number of cyclic esters (lactones) is 1. The summed E-state index contributed by atoms with van der Waals surface area (Å²) in [5, 5.41) is 0. The Morgan fingerprint density at radius 3 is 2.17 bits per heavy atom. The van der Waals surface area contributed by atoms with Crippen LogP contribution in [0.5, 0.6) is 11.5 Å². The van der Waals surface area contributed by atoms with Gasteiger partial charge in [-0.2, -0.15) is 0 Å². The van der Waals surface area contributed by atoms with Crippen LogP contribution in [0.2, 0.25) is 0 Å². The van der Waals surface area contributed by atoms with Gasteiger partial charge in [0, 0.05) is 12.5 Å². The molecule has 5 heteroatoms. The highest BCUT2D eigenvalue weighted by atomic mass is 16.5. The monoisotopic (exact) mass is 472 g/mol. The molecule has 3 aromatic rings. The van der Waals surface area contributed by atoms with E-state index in [1.165, 1.54) is 0 Å². The number of hydrogen-bond donors (Lipinski definition) is 0. The lowest BCUT2D eigenvalue weighted by Crippen LogP contribution is -2.19. The van der Waals surface area contributed by atoms with Gasteiger partial charge in [-0.05, 0) is 48.9 Å². The average molecular weight is 473 g/mol. The number of rotatable bonds is 6. The van der Waals surface area contributed by atoms with Crippen molar-refractivity contribution in [2.24, 2.45) is 0 Å². The quantitative estimate of drug-likeness (QED) is 0.385. The smallest absolute Gasteiger partial charge is 0.310 e. The number of ketones is 1. The minimum absolute atomic E-state index is 0.00432. The predicted molar refractivity (Wildman–Crippen MR) is 135 cm³/mol. The Morgan fingerprint density at radius 2 is 1.49 bits per heavy atom. The summed E-state index contributed by atoms with van der Waals surface area (Å²) < 4.78 is 17.9. The van der Waals surface area contributed by atoms with E-state index in [2.05, 4.69) is 0 Å². The molecule has 4 rings (SSSR count). The molecule has 35 heavy (non-hydrogen) atoms. The molecule has 0 saturated carbocycles. The van der Waals surface area contributed by atoms with E-state index in [0.29, 0.717) is 42.3 Å². The lowest BCUT2D eigenvalue weighted by atomic mass is 9.95. The van der Waals surface area contributed by atoms with Gasteiger partial charge < -0.3 is 14.2 Å². The Morgan fingerprint density at radius 1 is 0.829 bits per heavy atom. The van der Waals surface area contributed by atoms with Gasteiger partial charge in [0.15, 0.2) is 5.78 Å². The molecule has 0 N–H and O–H groups in total. The van der Waals surface area contributed by atoms with E-state index in [9.17, 15) is 9.59 Å². The molecule has 1 aliphatic heterocycles. The van der Waals surface area contributed by atoms with Crippen LogP contribution in [0.4, 0.5) is 0 Å². The Kier molecular flexibility index (Phi) is 8.55. The topological polar surface area (TPSA) is 61.8 Å². The number of carbonyl (C=O) groups excluding carboxylic acids is 2. The summed E-state index contributed by atoms with van der Waals surface area (Å²) in [4.78, 5) is 26.1. The molecular weight excluding hydrogens is 440 g/mol. The molecule has 3 aromatic carbocycles. The fraction of sp³-hybridized carbons (Fsp3) is 0.333. The van der Waals surface area contributed by atoms with Gasteiger partial charge in [-0.15, -0.1) is 0 Å². The SMILES string of the molecule is C[C@H]1CCCCCC(=O)c2c(cc(OCc3ccccc3)cc2OCc2ccccc2)CC(=O)O1. The number of ether oxygens (including phenoxy) is 3. The highest BCUT2D eigenvalue weighted by molar-refractivity contribution is 6.01. The lowest BCUT2D eigenvalue weighted by molar-refractivity contribution is -0.147. The third-order valence-electron chi connectivity index (χ3n) is 6.10. The zero-order valence-electron chi connectivity index (χ0n) is 20.2. The van der Waals surface area contributed by atoms with Crippen molar-refractivity contribution in [2.75, 3.05) is 0 Å². The van der Waals surface area contributed by atoms with E-state index in [0.717, 1.165) is 36.8 Å². The Bertz CT molecular complexity index is 1120. The van der Waals surface area contributed by atoms with Crippen LogP contribution in [0.1, 0.15) is 66.1 Å². The predicted octanol–water partition coefficient (Wildman–Crippen LogP) is 6.47. The zero-order chi connectivity index (χ0) is 24.5. The normalized spacial score (nSPS) is 16.9. The van der Waals surface area contributed by atoms with E-state index in [1.807, 2.05) is 67.6 Å². The zero-order valence-corrected chi connectivity index (χ0v) is 20.2. The third-order valence-corrected chi connectivity index (χ3v) is 6.10. The van der Waals surface area contributed by atoms with Crippen LogP contribution in [0, 0.1) is 0 Å². The van der Waals surface area contributed by atoms with E-state index >= 15 is 0 Å². The maximum Gasteiger partial charge on any atom is 0.310 e. The molecule has 0 spiro atoms. The molecule has 0 radical (unpaired) electrons. The van der Waals surface area contributed by atoms with Crippen LogP contribution < -0.4 is 9.47 Å². The van der Waals surface area contributed by atoms with Gasteiger partial charge in [-0.25, -0.2) is 0 Å². The van der Waals surface area contributed by atoms with Gasteiger partial charge in [-0.3, -0.25) is 9.59 Å². The molecule has 182 valence electrons. The number of benzene rings is 3. The summed E-state index contributed by atoms with van der Waals surface area (Å²) >= 11 is 0. The van der Waals surface area contributed by atoms with Crippen molar-refractivity contribution in [3.8, 4) is 11.5 Å². The van der Waals surface area contributed by atoms with Crippen LogP contribution >= 0.6 is 0 Å². The molecule has 5 nitrogen and oxygen atoms in total. The maximum absolute atomic E-state index is 13.3. The first-order chi connectivity index (χ1) is 17.1. The van der Waals surface area contributed by atoms with Crippen molar-refractivity contribution in [1.29, 1.82) is 0 Å². The number of hydrogen-bond acceptors (Lipinski definition) is 5. The molecular formula is C30H32O5. The van der Waals surface area contributed by atoms with Crippen LogP contribution in [-0.2, 0) is 29.2 Å². The van der Waals surface area contributed by atoms with Crippen molar-refractivity contribution >= 4 is 11.8 Å². The van der Waals surface area contributed by atoms with Gasteiger partial charge in [0.1, 0.15) is 24.7 Å². The van der Waals surface area contributed by atoms with E-state index in [4.69, 9.17) is 14.2 Å². The Hall–Kier alpha value is -3.60. The van der Waals surface area contributed by atoms with E-state index < -0.39 is 0 Å². The molecule has 0 bridgehead atoms. The molecule has 0 saturated heterocycles. The first kappa shape index (κ1) is 24.5. The molecule has 0 aromatic heterocycles. The third kappa shape index (κ3) is 7.19. The van der Waals surface area contributed by atoms with Crippen LogP contribution in [0.25, 0.3) is 0 Å². The van der Waals surface area contributed by atoms with Crippen LogP contribution in [0.3, 0.4) is 0 Å². The van der Waals surface area contributed by atoms with E-state index in [-0.39, 0.29) is 24.3 Å². The highest BCUT2D eigenvalue weighted by Crippen LogP contribution is 2.33. The minimum atomic E-state index is -0.346. The summed E-state index contributed by atoms with van der Waals surface area (Å²) in [6, 6.07) is 23.2. The van der Waals surface area contributed by atoms with Crippen LogP contribution in [0.15, 0.2) is 72.8 Å². The van der Waals surface area contributed by atoms with Crippen molar-refractivity contribution in [3.05, 3.63) is 95.1 Å². The lowest BCUT2D eigenvalue weighted by Gasteiger charge is -2.19. The van der Waals surface area contributed by atoms with Gasteiger partial charge in [0.05, 0.1) is 18.1 Å². The Balaban J connectivity index is 1.68. The molecule has 1 aliphatic rings. The summed E-state index contributed by atoms with van der Waals surface area (Å²) in [5.41, 5.74) is 3.06. The number of esters is 1. The molecule has 0 aliphatic carbocycles. The summed E-state index contributed by atoms with van der Waals surface area (Å²) in [5.74, 6) is 0.633. The second kappa shape index (κ2) is 12.2. The van der Waals surface area contributed by atoms with Crippen molar-refractivity contribution in [3.63, 3.8) is 0 Å². The van der Waals surface area contributed by atoms with Gasteiger partial charge in [0.2, 0.25) is 0 Å². The summed E-state index contributed by atoms with van der Waals surface area (Å²) in [6.07, 6.45) is 3.71. The van der Waals surface area contributed by atoms with Gasteiger partial charge in [-0.1, -0.05) is 67.1 Å². The van der Waals surface area contributed by atoms with Gasteiger partial charge >= 0.3 is 5.97 Å². The number of Topliss-reactive ketones (excluding diaryl/α,β-unsaturated/α-hetero) is 1. The number of fused-ring (bicyclic) bond motifs is 1. The van der Waals surface area contributed by atoms with E-state index in [1.54, 1.807) is 12.1 Å². The largest absolute Gasteiger partial charge is 0.489 e. The van der Waals surface area contributed by atoms with Crippen molar-refractivity contribution in [2.45, 2.75) is 64.8 Å². The maximum atomic E-state index is 13.3. The molecule has 1 heterocycles. The molecule has 0 unspecified atom stereocenters. The summed E-state index contributed by atoms with van der Waals surface area (Å²) in [7, 11) is 0. The van der Waals surface area contributed by atoms with Gasteiger partial charge in [0.25, 0.3) is 0 Å². The van der Waals surface area contributed by atoms with Crippen molar-refractivity contribution in [1.82, 2.24) is 0 Å². The number of carbonyl (C=O) groups is 2. The second-order valence-corrected chi connectivity index (χ2v) is 9.00. The Labute approximate surface area is 207 Å². The molecule has 1 atom stereocenters. The first-order valence-corrected chi connectivity index (χ1v) is 12.3. The standard InChI is InChI=1S/C30H32O5/c1-22-11-5-2-10-16-27(31)30-25(18-29(32)35-22)17-26(33-20-23-12-6-3-7-13-23)19-28(30)34-21-24-14-8-4-9-15-24/h3-4,6-9,12-15,17,19,22H,2,5,10-11,16,18,20-21H2,1H3/t22-/m0/s1. The highest BCUT2D eigenvalue weighted by Gasteiger charge is 2.23. The fourth-order valence-electron chi connectivity index (χ4n) is 4.27. The molecule has 0 amide bonds. The van der Waals surface area contributed by atoms with Crippen molar-refractivity contribution < 1.29 is 23.8 Å². The second-order valence-electron chi connectivity index (χ2n) is 9.00. The minimum Gasteiger partial charge on any atom is -0.489 e. The fourth-order valence-corrected chi connectivity index (χ4v) is 4.27. The first-order valence-electron chi connectivity index (χ1n) is 12.3. The average Bonchev–Trinajstić information content (AvgIpc) is 2.86.